The van der Waals surface area contributed by atoms with Gasteiger partial charge in [0.05, 0.1) is 57.5 Å². The molecule has 1 N–H and O–H groups in total. The van der Waals surface area contributed by atoms with Crippen molar-refractivity contribution < 1.29 is 43.3 Å². The lowest BCUT2D eigenvalue weighted by Gasteiger charge is -2.24. The molecule has 0 spiro atoms. The van der Waals surface area contributed by atoms with E-state index in [9.17, 15) is 14.2 Å². The number of amides is 1. The second-order valence-electron chi connectivity index (χ2n) is 7.75. The summed E-state index contributed by atoms with van der Waals surface area (Å²) < 4.78 is 52.7. The summed E-state index contributed by atoms with van der Waals surface area (Å²) >= 11 is 0. The van der Waals surface area contributed by atoms with E-state index in [1.54, 1.807) is 0 Å². The highest BCUT2D eigenvalue weighted by Gasteiger charge is 2.39. The van der Waals surface area contributed by atoms with Crippen LogP contribution in [0.5, 0.6) is 0 Å². The largest absolute Gasteiger partial charge is 0.475 e. The van der Waals surface area contributed by atoms with Gasteiger partial charge in [-0.25, -0.2) is 4.57 Å². The number of nitriles is 1. The maximum atomic E-state index is 13.3. The zero-order valence-electron chi connectivity index (χ0n) is 21.0. The lowest BCUT2D eigenvalue weighted by molar-refractivity contribution is -0.122. The standard InChI is InChI=1S/C22H34BN2O9P/c1-4-10-30-12-7-22(27)25-9-6-19(26)13-18(15-29-3)16-32-35(28,31-11-5-8-24)34-20-14-21(23)33-17(20)2/h1,17-18,20-21H,5-7,9-16H2,2-3H3,(H,25,27)/t17-,18?,20?,21-,35?/m1/s1/i2D. The van der Waals surface area contributed by atoms with Gasteiger partial charge in [0.25, 0.3) is 0 Å². The van der Waals surface area contributed by atoms with Crippen molar-refractivity contribution in [1.29, 1.82) is 5.26 Å². The first kappa shape index (κ1) is 29.5. The van der Waals surface area contributed by atoms with Crippen molar-refractivity contribution in [1.82, 2.24) is 5.32 Å². The summed E-state index contributed by atoms with van der Waals surface area (Å²) in [7, 11) is 3.04. The Hall–Kier alpha value is -1.76. The highest BCUT2D eigenvalue weighted by atomic mass is 31.2. The molecule has 1 fully saturated rings. The summed E-state index contributed by atoms with van der Waals surface area (Å²) in [6, 6.07) is 1.20. The summed E-state index contributed by atoms with van der Waals surface area (Å²) in [5.41, 5.74) is 0. The fourth-order valence-corrected chi connectivity index (χ4v) is 4.53. The number of ether oxygens (including phenoxy) is 3. The van der Waals surface area contributed by atoms with E-state index in [2.05, 4.69) is 11.2 Å². The Kier molecular flexibility index (Phi) is 14.9. The van der Waals surface area contributed by atoms with Crippen molar-refractivity contribution in [2.24, 2.45) is 5.92 Å². The number of nitrogens with one attached hydrogen (secondary N) is 1. The number of nitrogens with zero attached hydrogens (tertiary/aromatic N) is 1. The van der Waals surface area contributed by atoms with E-state index < -0.39 is 32.0 Å². The number of terminal acetylenes is 1. The number of carbonyl (C=O) groups is 2. The van der Waals surface area contributed by atoms with Crippen molar-refractivity contribution in [2.75, 3.05) is 46.7 Å². The van der Waals surface area contributed by atoms with Crippen LogP contribution in [0.2, 0.25) is 0 Å². The van der Waals surface area contributed by atoms with Crippen LogP contribution >= 0.6 is 7.82 Å². The highest BCUT2D eigenvalue weighted by Crippen LogP contribution is 2.52. The first-order chi connectivity index (χ1) is 17.3. The van der Waals surface area contributed by atoms with Gasteiger partial charge < -0.3 is 19.5 Å². The van der Waals surface area contributed by atoms with Crippen LogP contribution in [-0.2, 0) is 41.9 Å². The van der Waals surface area contributed by atoms with Crippen LogP contribution in [0.4, 0.5) is 0 Å². The third kappa shape index (κ3) is 13.8. The minimum absolute atomic E-state index is 0.0407. The Morgan fingerprint density at radius 2 is 2.14 bits per heavy atom. The topological polar surface area (TPSA) is 142 Å². The number of hydrogen-bond acceptors (Lipinski definition) is 10. The zero-order valence-corrected chi connectivity index (χ0v) is 20.9. The summed E-state index contributed by atoms with van der Waals surface area (Å²) in [6.07, 6.45) is 3.99. The summed E-state index contributed by atoms with van der Waals surface area (Å²) in [5.74, 6) is 1.41. The van der Waals surface area contributed by atoms with Gasteiger partial charge in [-0.1, -0.05) is 5.92 Å². The Bertz CT molecular complexity index is 807. The molecule has 13 heteroatoms. The van der Waals surface area contributed by atoms with E-state index in [1.165, 1.54) is 7.11 Å². The molecular weight excluding hydrogens is 478 g/mol. The second kappa shape index (κ2) is 17.6. The molecule has 0 aromatic rings. The van der Waals surface area contributed by atoms with Crippen LogP contribution in [0.3, 0.4) is 0 Å². The lowest BCUT2D eigenvalue weighted by Crippen LogP contribution is -2.28. The van der Waals surface area contributed by atoms with Crippen LogP contribution in [0, 0.1) is 29.6 Å². The first-order valence-electron chi connectivity index (χ1n) is 11.9. The number of rotatable bonds is 19. The molecule has 3 unspecified atom stereocenters. The SMILES string of the molecule is [2H]C[C@H]1O[C@@H]([B])CC1OP(=O)(OCCC#N)OCC(COC)CC(=O)CCNC(=O)CCOCC#C. The number of ketones is 1. The van der Waals surface area contributed by atoms with Crippen molar-refractivity contribution in [2.45, 2.75) is 57.2 Å². The number of phosphoric ester groups is 1. The number of phosphoric acid groups is 1. The molecule has 0 aliphatic carbocycles. The van der Waals surface area contributed by atoms with E-state index in [0.717, 1.165) is 0 Å². The van der Waals surface area contributed by atoms with E-state index in [1.807, 2.05) is 6.07 Å². The molecule has 35 heavy (non-hydrogen) atoms. The summed E-state index contributed by atoms with van der Waals surface area (Å²) in [4.78, 5) is 24.2. The quantitative estimate of drug-likeness (QED) is 0.117. The van der Waals surface area contributed by atoms with E-state index in [-0.39, 0.29) is 90.3 Å². The van der Waals surface area contributed by atoms with Crippen LogP contribution in [0.25, 0.3) is 0 Å². The third-order valence-electron chi connectivity index (χ3n) is 4.73. The van der Waals surface area contributed by atoms with Gasteiger partial charge in [0.15, 0.2) is 0 Å². The van der Waals surface area contributed by atoms with Crippen molar-refractivity contribution in [3.63, 3.8) is 0 Å². The van der Waals surface area contributed by atoms with Gasteiger partial charge in [-0.3, -0.25) is 23.2 Å². The predicted octanol–water partition coefficient (Wildman–Crippen LogP) is 1.50. The van der Waals surface area contributed by atoms with Crippen LogP contribution in [0.15, 0.2) is 0 Å². The minimum atomic E-state index is -4.16. The van der Waals surface area contributed by atoms with Crippen LogP contribution in [-0.4, -0.2) is 84.4 Å². The van der Waals surface area contributed by atoms with Gasteiger partial charge in [-0.05, 0) is 13.3 Å². The van der Waals surface area contributed by atoms with E-state index in [4.69, 9.17) is 48.7 Å². The smallest absolute Gasteiger partial charge is 0.384 e. The monoisotopic (exact) mass is 513 g/mol. The van der Waals surface area contributed by atoms with Gasteiger partial charge in [0, 0.05) is 39.8 Å². The van der Waals surface area contributed by atoms with E-state index >= 15 is 0 Å². The third-order valence-corrected chi connectivity index (χ3v) is 6.22. The molecule has 0 aromatic heterocycles. The van der Waals surface area contributed by atoms with Crippen LogP contribution < -0.4 is 5.32 Å². The molecule has 0 bridgehead atoms. The van der Waals surface area contributed by atoms with E-state index in [0.29, 0.717) is 0 Å². The summed E-state index contributed by atoms with van der Waals surface area (Å²) in [6.45, 7) is 0.0674. The fourth-order valence-electron chi connectivity index (χ4n) is 3.07. The molecular formula is C22H34BN2O9P. The molecule has 0 aromatic carbocycles. The Balaban J connectivity index is 2.59. The van der Waals surface area contributed by atoms with Gasteiger partial charge in [0.1, 0.15) is 20.2 Å². The lowest BCUT2D eigenvalue weighted by atomic mass is 9.96. The molecule has 1 rings (SSSR count). The Morgan fingerprint density at radius 1 is 1.34 bits per heavy atom. The second-order valence-corrected chi connectivity index (χ2v) is 9.37. The minimum Gasteiger partial charge on any atom is -0.384 e. The highest BCUT2D eigenvalue weighted by molar-refractivity contribution is 7.48. The summed E-state index contributed by atoms with van der Waals surface area (Å²) in [5, 5.41) is 11.4. The molecule has 1 heterocycles. The van der Waals surface area contributed by atoms with Gasteiger partial charge in [-0.2, -0.15) is 5.26 Å². The van der Waals surface area contributed by atoms with Gasteiger partial charge >= 0.3 is 7.82 Å². The number of Topliss-reactive ketones (excluding diaryl/α,β-unsaturated/α-hetero) is 1. The number of methoxy groups -OCH3 is 1. The normalized spacial score (nSPS) is 22.4. The molecule has 2 radical (unpaired) electrons. The molecule has 5 atom stereocenters. The van der Waals surface area contributed by atoms with Crippen molar-refractivity contribution >= 4 is 27.4 Å². The number of carbonyl (C=O) groups excluding carboxylic acids is 2. The maximum Gasteiger partial charge on any atom is 0.475 e. The predicted molar refractivity (Wildman–Crippen MR) is 126 cm³/mol. The number of hydrogen-bond donors (Lipinski definition) is 1. The molecule has 1 aliphatic heterocycles. The first-order valence-corrected chi connectivity index (χ1v) is 12.7. The molecule has 0 saturated carbocycles. The molecule has 1 saturated heterocycles. The van der Waals surface area contributed by atoms with Crippen molar-refractivity contribution in [3.05, 3.63) is 0 Å². The zero-order chi connectivity index (χ0) is 26.8. The average Bonchev–Trinajstić information content (AvgIpc) is 3.19. The Labute approximate surface area is 209 Å². The van der Waals surface area contributed by atoms with Gasteiger partial charge in [-0.15, -0.1) is 6.42 Å². The molecule has 11 nitrogen and oxygen atoms in total. The molecule has 1 amide bonds. The maximum absolute atomic E-state index is 13.3. The van der Waals surface area contributed by atoms with Crippen molar-refractivity contribution in [3.8, 4) is 18.4 Å². The average molecular weight is 513 g/mol. The van der Waals surface area contributed by atoms with Crippen LogP contribution in [0.1, 0.15) is 40.4 Å². The molecule has 194 valence electrons. The fraction of sp³-hybridized carbons (Fsp3) is 0.773. The Morgan fingerprint density at radius 3 is 2.83 bits per heavy atom. The van der Waals surface area contributed by atoms with Gasteiger partial charge in [0.2, 0.25) is 5.91 Å². The molecule has 1 aliphatic rings.